The molecule has 42 valence electrons. The topological polar surface area (TPSA) is 46.5 Å². The van der Waals surface area contributed by atoms with Crippen LogP contribution in [0.2, 0.25) is 0 Å². The number of hydrogen-bond donors (Lipinski definition) is 1. The molecule has 0 aromatic heterocycles. The molecule has 0 rings (SSSR count). The van der Waals surface area contributed by atoms with E-state index < -0.39 is 6.16 Å². The van der Waals surface area contributed by atoms with E-state index in [1.54, 1.807) is 0 Å². The van der Waals surface area contributed by atoms with Crippen LogP contribution in [0, 0.1) is 38.5 Å². The fourth-order valence-corrected chi connectivity index (χ4v) is 0. The molecule has 0 heterocycles. The zero-order valence-electron chi connectivity index (χ0n) is 4.26. The van der Waals surface area contributed by atoms with Crippen molar-refractivity contribution in [3.05, 3.63) is 7.43 Å². The molecule has 1 N–H and O–H groups in total. The summed E-state index contributed by atoms with van der Waals surface area (Å²) in [5, 5.41) is 7.50. The van der Waals surface area contributed by atoms with E-state index >= 15 is 0 Å². The van der Waals surface area contributed by atoms with Gasteiger partial charge in [-0.1, -0.05) is 0 Å². The van der Waals surface area contributed by atoms with Gasteiger partial charge in [-0.15, -0.1) is 0 Å². The Morgan fingerprint density at radius 3 is 1.86 bits per heavy atom. The van der Waals surface area contributed by atoms with Gasteiger partial charge in [-0.2, -0.15) is 0 Å². The summed E-state index contributed by atoms with van der Waals surface area (Å²) in [6.45, 7) is 0. The number of rotatable bonds is 0. The quantitative estimate of drug-likeness (QED) is 0.527. The average molecular weight is 329 g/mol. The van der Waals surface area contributed by atoms with Gasteiger partial charge in [0.2, 0.25) is 0 Å². The number of ether oxygens (including phenoxy) is 1. The summed E-state index contributed by atoms with van der Waals surface area (Å²) in [5.74, 6) is 0. The Hall–Kier alpha value is 0.322. The van der Waals surface area contributed by atoms with Gasteiger partial charge in [-0.25, -0.2) is 4.79 Å². The zero-order valence-corrected chi connectivity index (χ0v) is 8.43. The smallest absolute Gasteiger partial charge is 0.450 e. The minimum atomic E-state index is -1.25. The predicted octanol–water partition coefficient (Wildman–Crippen LogP) is 0.761. The molecule has 0 aliphatic carbocycles. The van der Waals surface area contributed by atoms with Gasteiger partial charge in [0.25, 0.3) is 0 Å². The SMILES string of the molecule is COC(=O)O.[CH3-].[U]. The maximum atomic E-state index is 9.15. The van der Waals surface area contributed by atoms with E-state index in [2.05, 4.69) is 4.74 Å². The van der Waals surface area contributed by atoms with E-state index in [0.29, 0.717) is 0 Å². The van der Waals surface area contributed by atoms with Crippen LogP contribution in [0.5, 0.6) is 0 Å². The molecule has 0 spiro atoms. The van der Waals surface area contributed by atoms with E-state index in [4.69, 9.17) is 9.90 Å². The molecule has 4 heteroatoms. The van der Waals surface area contributed by atoms with E-state index in [-0.39, 0.29) is 38.5 Å². The largest absolute Gasteiger partial charge is 0.505 e. The van der Waals surface area contributed by atoms with E-state index in [9.17, 15) is 0 Å². The fraction of sp³-hybridized carbons (Fsp3) is 0.333. The molecule has 0 atom stereocenters. The van der Waals surface area contributed by atoms with Gasteiger partial charge in [0.1, 0.15) is 0 Å². The van der Waals surface area contributed by atoms with E-state index in [0.717, 1.165) is 7.11 Å². The Labute approximate surface area is 66.4 Å². The molecule has 7 heavy (non-hydrogen) atoms. The van der Waals surface area contributed by atoms with Gasteiger partial charge in [0, 0.05) is 31.1 Å². The van der Waals surface area contributed by atoms with Gasteiger partial charge in [-0.3, -0.25) is 0 Å². The Bertz CT molecular complexity index is 45.4. The number of hydrogen-bond acceptors (Lipinski definition) is 2. The molecular weight excluding hydrogens is 322 g/mol. The van der Waals surface area contributed by atoms with E-state index in [1.807, 2.05) is 0 Å². The first-order valence-electron chi connectivity index (χ1n) is 1.04. The van der Waals surface area contributed by atoms with Crippen LogP contribution in [0.15, 0.2) is 0 Å². The Morgan fingerprint density at radius 2 is 1.86 bits per heavy atom. The second-order valence-electron chi connectivity index (χ2n) is 0.470. The second kappa shape index (κ2) is 9.59. The first kappa shape index (κ1) is 15.7. The van der Waals surface area contributed by atoms with Gasteiger partial charge in [0.05, 0.1) is 7.11 Å². The minimum absolute atomic E-state index is 0. The maximum Gasteiger partial charge on any atom is 0.505 e. The van der Waals surface area contributed by atoms with Crippen LogP contribution in [0.25, 0.3) is 0 Å². The normalized spacial score (nSPS) is 4.71. The van der Waals surface area contributed by atoms with Crippen LogP contribution >= 0.6 is 0 Å². The van der Waals surface area contributed by atoms with Crippen molar-refractivity contribution in [1.29, 1.82) is 0 Å². The molecule has 0 fully saturated rings. The molecule has 0 aliphatic rings. The first-order valence-corrected chi connectivity index (χ1v) is 1.04. The molecule has 0 aromatic carbocycles. The third-order valence-electron chi connectivity index (χ3n) is 0.175. The molecule has 3 nitrogen and oxygen atoms in total. The van der Waals surface area contributed by atoms with Crippen molar-refractivity contribution in [3.8, 4) is 0 Å². The average Bonchev–Trinajstić information content (AvgIpc) is 1.38. The van der Waals surface area contributed by atoms with Crippen LogP contribution in [0.1, 0.15) is 0 Å². The molecule has 0 aliphatic heterocycles. The minimum Gasteiger partial charge on any atom is -0.450 e. The van der Waals surface area contributed by atoms with Crippen molar-refractivity contribution in [2.24, 2.45) is 0 Å². The standard InChI is InChI=1S/C2H4O3.CH3.U/c1-5-2(3)4;;/h1H3,(H,3,4);1H3;/q;-1;. The van der Waals surface area contributed by atoms with Gasteiger partial charge < -0.3 is 17.3 Å². The number of methoxy groups -OCH3 is 1. The molecule has 0 radical (unpaired) electrons. The maximum absolute atomic E-state index is 9.15. The van der Waals surface area contributed by atoms with Crippen LogP contribution in [0.3, 0.4) is 0 Å². The molecule has 0 unspecified atom stereocenters. The summed E-state index contributed by atoms with van der Waals surface area (Å²) >= 11 is 0. The van der Waals surface area contributed by atoms with Crippen LogP contribution in [-0.2, 0) is 4.74 Å². The predicted molar refractivity (Wildman–Crippen MR) is 21.4 cm³/mol. The van der Waals surface area contributed by atoms with Crippen LogP contribution in [0.4, 0.5) is 4.79 Å². The van der Waals surface area contributed by atoms with Crippen molar-refractivity contribution in [1.82, 2.24) is 0 Å². The monoisotopic (exact) mass is 329 g/mol. The first-order chi connectivity index (χ1) is 2.27. The Balaban J connectivity index is -0.0000000800. The third-order valence-corrected chi connectivity index (χ3v) is 0.175. The molecule has 0 amide bonds. The van der Waals surface area contributed by atoms with Crippen LogP contribution in [-0.4, -0.2) is 18.4 Å². The van der Waals surface area contributed by atoms with Crippen molar-refractivity contribution in [2.75, 3.05) is 7.11 Å². The third kappa shape index (κ3) is 21.9. The zero-order chi connectivity index (χ0) is 4.28. The summed E-state index contributed by atoms with van der Waals surface area (Å²) in [5.41, 5.74) is 0. The summed E-state index contributed by atoms with van der Waals surface area (Å²) < 4.78 is 3.67. The second-order valence-corrected chi connectivity index (χ2v) is 0.470. The van der Waals surface area contributed by atoms with Gasteiger partial charge in [-0.05, 0) is 0 Å². The molecule has 0 saturated heterocycles. The van der Waals surface area contributed by atoms with Crippen molar-refractivity contribution in [2.45, 2.75) is 0 Å². The molecular formula is C3H7O3U-. The Morgan fingerprint density at radius 1 is 1.71 bits per heavy atom. The van der Waals surface area contributed by atoms with E-state index in [1.165, 1.54) is 0 Å². The summed E-state index contributed by atoms with van der Waals surface area (Å²) in [7, 11) is 1.10. The Kier molecular flexibility index (Phi) is 21.5. The number of carboxylic acid groups (broad SMARTS) is 1. The van der Waals surface area contributed by atoms with Crippen molar-refractivity contribution >= 4 is 6.16 Å². The summed E-state index contributed by atoms with van der Waals surface area (Å²) in [6, 6.07) is 0. The molecule has 0 bridgehead atoms. The van der Waals surface area contributed by atoms with Gasteiger partial charge in [0.15, 0.2) is 0 Å². The fourth-order valence-electron chi connectivity index (χ4n) is 0. The molecule has 0 saturated carbocycles. The number of carbonyl (C=O) groups is 1. The van der Waals surface area contributed by atoms with Crippen LogP contribution < -0.4 is 0 Å². The van der Waals surface area contributed by atoms with Crippen molar-refractivity contribution < 1.29 is 45.8 Å². The van der Waals surface area contributed by atoms with Gasteiger partial charge >= 0.3 is 6.16 Å². The summed E-state index contributed by atoms with van der Waals surface area (Å²) in [6.07, 6.45) is -1.25. The summed E-state index contributed by atoms with van der Waals surface area (Å²) in [4.78, 5) is 9.15. The molecule has 0 aromatic rings. The van der Waals surface area contributed by atoms with Crippen molar-refractivity contribution in [3.63, 3.8) is 0 Å².